The molecule has 0 fully saturated rings. The Balaban J connectivity index is 1.84. The van der Waals surface area contributed by atoms with Crippen LogP contribution < -0.4 is 4.90 Å². The molecule has 2 aliphatic rings. The summed E-state index contributed by atoms with van der Waals surface area (Å²) in [5.41, 5.74) is 4.12. The van der Waals surface area contributed by atoms with Crippen molar-refractivity contribution in [3.63, 3.8) is 0 Å². The molecule has 0 N–H and O–H groups in total. The summed E-state index contributed by atoms with van der Waals surface area (Å²) in [7, 11) is 0. The third-order valence-electron chi connectivity index (χ3n) is 4.58. The summed E-state index contributed by atoms with van der Waals surface area (Å²) in [6.45, 7) is 2.13. The Bertz CT molecular complexity index is 854. The Labute approximate surface area is 140 Å². The zero-order valence-electron chi connectivity index (χ0n) is 13.4. The van der Waals surface area contributed by atoms with Crippen molar-refractivity contribution in [1.29, 1.82) is 0 Å². The van der Waals surface area contributed by atoms with Gasteiger partial charge < -0.3 is 4.74 Å². The molecule has 0 radical (unpaired) electrons. The van der Waals surface area contributed by atoms with Gasteiger partial charge >= 0.3 is 5.97 Å². The lowest BCUT2D eigenvalue weighted by molar-refractivity contribution is -0.136. The van der Waals surface area contributed by atoms with Crippen molar-refractivity contribution in [3.8, 4) is 0 Å². The van der Waals surface area contributed by atoms with E-state index < -0.39 is 0 Å². The first-order valence-electron chi connectivity index (χ1n) is 8.00. The van der Waals surface area contributed by atoms with Crippen molar-refractivity contribution in [2.24, 2.45) is 0 Å². The van der Waals surface area contributed by atoms with Gasteiger partial charge in [0.2, 0.25) is 5.91 Å². The predicted octanol–water partition coefficient (Wildman–Crippen LogP) is 3.33. The van der Waals surface area contributed by atoms with Gasteiger partial charge in [-0.05, 0) is 30.2 Å². The summed E-state index contributed by atoms with van der Waals surface area (Å²) in [5.74, 6) is -0.555. The van der Waals surface area contributed by atoms with Crippen LogP contribution in [0.3, 0.4) is 0 Å². The molecule has 2 aromatic rings. The molecule has 1 atom stereocenters. The molecule has 0 aliphatic carbocycles. The molecular weight excluding hydrogens is 302 g/mol. The maximum atomic E-state index is 12.9. The number of nitrogens with zero attached hydrogens (tertiary/aromatic N) is 1. The van der Waals surface area contributed by atoms with Gasteiger partial charge in [-0.25, -0.2) is 4.79 Å². The quantitative estimate of drug-likeness (QED) is 0.798. The topological polar surface area (TPSA) is 46.6 Å². The SMILES string of the molecule is Cc1cccc(N2C(=O)CC(c3ccccc3)C3=C2COC3=O)c1. The third kappa shape index (κ3) is 2.31. The van der Waals surface area contributed by atoms with Crippen molar-refractivity contribution in [2.45, 2.75) is 19.3 Å². The van der Waals surface area contributed by atoms with E-state index >= 15 is 0 Å². The van der Waals surface area contributed by atoms with Gasteiger partial charge in [0.1, 0.15) is 6.61 Å². The Hall–Kier alpha value is -2.88. The molecule has 24 heavy (non-hydrogen) atoms. The maximum absolute atomic E-state index is 12.9. The summed E-state index contributed by atoms with van der Waals surface area (Å²) in [4.78, 5) is 26.8. The Morgan fingerprint density at radius 3 is 2.58 bits per heavy atom. The highest BCUT2D eigenvalue weighted by Gasteiger charge is 2.42. The summed E-state index contributed by atoms with van der Waals surface area (Å²) >= 11 is 0. The molecule has 0 bridgehead atoms. The molecule has 0 saturated carbocycles. The van der Waals surface area contributed by atoms with Crippen molar-refractivity contribution in [3.05, 3.63) is 77.0 Å². The van der Waals surface area contributed by atoms with Gasteiger partial charge in [-0.15, -0.1) is 0 Å². The van der Waals surface area contributed by atoms with Crippen LogP contribution in [0.25, 0.3) is 0 Å². The molecule has 4 heteroatoms. The van der Waals surface area contributed by atoms with Crippen LogP contribution in [-0.4, -0.2) is 18.5 Å². The first kappa shape index (κ1) is 14.7. The third-order valence-corrected chi connectivity index (χ3v) is 4.58. The van der Waals surface area contributed by atoms with E-state index in [1.165, 1.54) is 0 Å². The number of amides is 1. The molecule has 1 unspecified atom stereocenters. The molecule has 2 heterocycles. The minimum Gasteiger partial charge on any atom is -0.456 e. The van der Waals surface area contributed by atoms with E-state index in [1.54, 1.807) is 4.90 Å². The van der Waals surface area contributed by atoms with Crippen LogP contribution in [-0.2, 0) is 14.3 Å². The Morgan fingerprint density at radius 2 is 1.83 bits per heavy atom. The Kier molecular flexibility index (Phi) is 3.45. The molecule has 120 valence electrons. The zero-order chi connectivity index (χ0) is 16.7. The molecule has 0 saturated heterocycles. The highest BCUT2D eigenvalue weighted by molar-refractivity contribution is 6.06. The van der Waals surface area contributed by atoms with Gasteiger partial charge in [0, 0.05) is 18.0 Å². The average molecular weight is 319 g/mol. The number of ether oxygens (including phenoxy) is 1. The van der Waals surface area contributed by atoms with Gasteiger partial charge in [0.25, 0.3) is 0 Å². The number of esters is 1. The predicted molar refractivity (Wildman–Crippen MR) is 90.5 cm³/mol. The van der Waals surface area contributed by atoms with E-state index in [0.717, 1.165) is 16.8 Å². The largest absolute Gasteiger partial charge is 0.456 e. The van der Waals surface area contributed by atoms with Gasteiger partial charge in [0.05, 0.1) is 11.3 Å². The van der Waals surface area contributed by atoms with E-state index in [2.05, 4.69) is 0 Å². The molecule has 4 rings (SSSR count). The first-order chi connectivity index (χ1) is 11.6. The fourth-order valence-electron chi connectivity index (χ4n) is 3.49. The second-order valence-corrected chi connectivity index (χ2v) is 6.17. The van der Waals surface area contributed by atoms with Crippen LogP contribution in [0, 0.1) is 6.92 Å². The number of rotatable bonds is 2. The minimum absolute atomic E-state index is 0.00787. The Morgan fingerprint density at radius 1 is 1.04 bits per heavy atom. The lowest BCUT2D eigenvalue weighted by Crippen LogP contribution is -2.37. The standard InChI is InChI=1S/C20H17NO3/c1-13-6-5-9-15(10-13)21-17-12-24-20(23)19(17)16(11-18(21)22)14-7-3-2-4-8-14/h2-10,16H,11-12H2,1H3. The number of carbonyl (C=O) groups is 2. The van der Waals surface area contributed by atoms with Crippen molar-refractivity contribution in [2.75, 3.05) is 11.5 Å². The van der Waals surface area contributed by atoms with Crippen molar-refractivity contribution in [1.82, 2.24) is 0 Å². The van der Waals surface area contributed by atoms with E-state index in [-0.39, 0.29) is 30.8 Å². The fourth-order valence-corrected chi connectivity index (χ4v) is 3.49. The first-order valence-corrected chi connectivity index (χ1v) is 8.00. The van der Waals surface area contributed by atoms with E-state index in [9.17, 15) is 9.59 Å². The smallest absolute Gasteiger partial charge is 0.336 e. The van der Waals surface area contributed by atoms with Crippen LogP contribution >= 0.6 is 0 Å². The van der Waals surface area contributed by atoms with Crippen molar-refractivity contribution >= 4 is 17.6 Å². The van der Waals surface area contributed by atoms with Crippen LogP contribution in [0.2, 0.25) is 0 Å². The van der Waals surface area contributed by atoms with Gasteiger partial charge in [-0.1, -0.05) is 42.5 Å². The number of hydrogen-bond acceptors (Lipinski definition) is 3. The summed E-state index contributed by atoms with van der Waals surface area (Å²) in [6, 6.07) is 17.4. The summed E-state index contributed by atoms with van der Waals surface area (Å²) in [6.07, 6.45) is 0.270. The number of cyclic esters (lactones) is 1. The van der Waals surface area contributed by atoms with E-state index in [0.29, 0.717) is 11.3 Å². The highest BCUT2D eigenvalue weighted by atomic mass is 16.5. The fraction of sp³-hybridized carbons (Fsp3) is 0.200. The van der Waals surface area contributed by atoms with Crippen LogP contribution in [0.15, 0.2) is 65.9 Å². The lowest BCUT2D eigenvalue weighted by Gasteiger charge is -2.32. The second kappa shape index (κ2) is 5.64. The zero-order valence-corrected chi connectivity index (χ0v) is 13.4. The molecule has 4 nitrogen and oxygen atoms in total. The molecule has 0 aromatic heterocycles. The molecular formula is C20H17NO3. The summed E-state index contributed by atoms with van der Waals surface area (Å²) in [5, 5.41) is 0. The number of aryl methyl sites for hydroxylation is 1. The highest BCUT2D eigenvalue weighted by Crippen LogP contribution is 2.41. The van der Waals surface area contributed by atoms with Crippen LogP contribution in [0.4, 0.5) is 5.69 Å². The van der Waals surface area contributed by atoms with Crippen LogP contribution in [0.1, 0.15) is 23.5 Å². The molecule has 2 aromatic carbocycles. The van der Waals surface area contributed by atoms with E-state index in [4.69, 9.17) is 4.74 Å². The number of carbonyl (C=O) groups excluding carboxylic acids is 2. The van der Waals surface area contributed by atoms with Crippen molar-refractivity contribution < 1.29 is 14.3 Å². The van der Waals surface area contributed by atoms with Gasteiger partial charge in [0.15, 0.2) is 0 Å². The van der Waals surface area contributed by atoms with E-state index in [1.807, 2.05) is 61.5 Å². The molecule has 0 spiro atoms. The maximum Gasteiger partial charge on any atom is 0.336 e. The normalized spacial score (nSPS) is 20.2. The number of benzene rings is 2. The van der Waals surface area contributed by atoms with Crippen LogP contribution in [0.5, 0.6) is 0 Å². The monoisotopic (exact) mass is 319 g/mol. The van der Waals surface area contributed by atoms with Gasteiger partial charge in [-0.2, -0.15) is 0 Å². The molecule has 1 amide bonds. The lowest BCUT2D eigenvalue weighted by atomic mass is 9.84. The second-order valence-electron chi connectivity index (χ2n) is 6.17. The number of hydrogen-bond donors (Lipinski definition) is 0. The molecule has 2 aliphatic heterocycles. The van der Waals surface area contributed by atoms with Gasteiger partial charge in [-0.3, -0.25) is 9.69 Å². The average Bonchev–Trinajstić information content (AvgIpc) is 2.96. The number of anilines is 1. The summed E-state index contributed by atoms with van der Waals surface area (Å²) < 4.78 is 5.28. The minimum atomic E-state index is -0.316.